The van der Waals surface area contributed by atoms with Gasteiger partial charge in [0.2, 0.25) is 0 Å². The molecular weight excluding hydrogens is 718 g/mol. The Morgan fingerprint density at radius 1 is 0.865 bits per heavy atom. The van der Waals surface area contributed by atoms with Gasteiger partial charge >= 0.3 is 11.9 Å². The van der Waals surface area contributed by atoms with Crippen molar-refractivity contribution in [3.8, 4) is 0 Å². The predicted octanol–water partition coefficient (Wildman–Crippen LogP) is 7.65. The quantitative estimate of drug-likeness (QED) is 0.130. The molecule has 5 aromatic rings. The van der Waals surface area contributed by atoms with Gasteiger partial charge in [-0.3, -0.25) is 14.6 Å². The first-order chi connectivity index (χ1) is 25.4. The molecule has 1 N–H and O–H groups in total. The second-order valence-electron chi connectivity index (χ2n) is 13.5. The summed E-state index contributed by atoms with van der Waals surface area (Å²) in [4.78, 5) is 52.9. The molecule has 6 heterocycles. The van der Waals surface area contributed by atoms with Gasteiger partial charge < -0.3 is 19.7 Å². The van der Waals surface area contributed by atoms with Crippen LogP contribution in [0.3, 0.4) is 0 Å². The summed E-state index contributed by atoms with van der Waals surface area (Å²) >= 11 is 9.44. The topological polar surface area (TPSA) is 132 Å². The maximum absolute atomic E-state index is 12.3. The standard InChI is InChI=1S/C25H27N5O2S.C13H13ClN2O2S/c1-2-32-25(31)15-5-6-18-21(11-15)33-24-22(18)23(27-14-28-24)29-19-9-16-12-26-13-17(16)10-20(19)30-7-3-4-8-30;1-2-18-13(17)7-3-4-8-9(5-7)19-12-10(8)11(14)15-6-16-12/h9-10,12,14-15H,2-8,11,13H2,1H3,(H,27,28,29);6-7H,2-5H2,1H3/t15-;7-/m00/s1. The highest BCUT2D eigenvalue weighted by Gasteiger charge is 2.31. The van der Waals surface area contributed by atoms with Crippen LogP contribution in [0, 0.1) is 11.8 Å². The van der Waals surface area contributed by atoms with Crippen LogP contribution < -0.4 is 10.2 Å². The predicted molar refractivity (Wildman–Crippen MR) is 207 cm³/mol. The van der Waals surface area contributed by atoms with Gasteiger partial charge in [0.05, 0.1) is 53.7 Å². The van der Waals surface area contributed by atoms with Gasteiger partial charge in [0.15, 0.2) is 0 Å². The van der Waals surface area contributed by atoms with Crippen molar-refractivity contribution in [1.29, 1.82) is 0 Å². The Kier molecular flexibility index (Phi) is 10.1. The molecule has 0 spiro atoms. The molecule has 4 aliphatic rings. The molecule has 2 atom stereocenters. The van der Waals surface area contributed by atoms with Gasteiger partial charge in [-0.15, -0.1) is 22.7 Å². The number of carbonyl (C=O) groups is 2. The van der Waals surface area contributed by atoms with Crippen LogP contribution >= 0.6 is 34.3 Å². The fourth-order valence-electron chi connectivity index (χ4n) is 7.79. The number of ether oxygens (including phenoxy) is 2. The third-order valence-corrected chi connectivity index (χ3v) is 12.9. The largest absolute Gasteiger partial charge is 0.466 e. The molecule has 4 aromatic heterocycles. The molecule has 270 valence electrons. The van der Waals surface area contributed by atoms with Crippen molar-refractivity contribution in [3.63, 3.8) is 0 Å². The summed E-state index contributed by atoms with van der Waals surface area (Å²) in [5, 5.41) is 6.25. The number of halogens is 1. The van der Waals surface area contributed by atoms with Gasteiger partial charge in [0.25, 0.3) is 0 Å². The summed E-state index contributed by atoms with van der Waals surface area (Å²) in [6.45, 7) is 7.48. The highest BCUT2D eigenvalue weighted by Crippen LogP contribution is 2.43. The minimum atomic E-state index is -0.0946. The molecule has 0 unspecified atom stereocenters. The first kappa shape index (κ1) is 34.9. The summed E-state index contributed by atoms with van der Waals surface area (Å²) in [7, 11) is 0. The average Bonchev–Trinajstić information content (AvgIpc) is 3.97. The number of hydrogen-bond donors (Lipinski definition) is 1. The number of aromatic nitrogens is 4. The third-order valence-electron chi connectivity index (χ3n) is 10.3. The minimum absolute atomic E-state index is 0.0350. The number of nitrogens with one attached hydrogen (secondary N) is 1. The molecule has 1 aromatic carbocycles. The van der Waals surface area contributed by atoms with E-state index in [2.05, 4.69) is 47.3 Å². The maximum Gasteiger partial charge on any atom is 0.309 e. The second-order valence-corrected chi connectivity index (χ2v) is 16.0. The Labute approximate surface area is 314 Å². The number of thiophene rings is 2. The number of hydrogen-bond acceptors (Lipinski definition) is 13. The van der Waals surface area contributed by atoms with Crippen LogP contribution in [0.25, 0.3) is 20.4 Å². The molecule has 0 amide bonds. The lowest BCUT2D eigenvalue weighted by atomic mass is 9.88. The SMILES string of the molecule is CCOC(=O)[C@H]1CCc2c(sc3ncnc(Cl)c23)C1.CCOC(=O)[C@H]1CCc2c(sc3ncnc(Nc4cc5c(cc4N4CCCC4)CN=C5)c23)C1. The van der Waals surface area contributed by atoms with E-state index in [9.17, 15) is 9.59 Å². The Morgan fingerprint density at radius 2 is 1.48 bits per heavy atom. The van der Waals surface area contributed by atoms with Crippen LogP contribution in [0.2, 0.25) is 5.15 Å². The van der Waals surface area contributed by atoms with Crippen molar-refractivity contribution in [2.24, 2.45) is 16.8 Å². The maximum atomic E-state index is 12.3. The molecule has 52 heavy (non-hydrogen) atoms. The number of anilines is 3. The summed E-state index contributed by atoms with van der Waals surface area (Å²) in [6, 6.07) is 4.50. The summed E-state index contributed by atoms with van der Waals surface area (Å²) < 4.78 is 10.4. The molecule has 1 saturated heterocycles. The Bertz CT molecular complexity index is 2200. The molecular formula is C38H40ClN7O4S2. The van der Waals surface area contributed by atoms with Gasteiger partial charge in [-0.2, -0.15) is 0 Å². The zero-order valence-corrected chi connectivity index (χ0v) is 31.6. The molecule has 11 nitrogen and oxygen atoms in total. The van der Waals surface area contributed by atoms with Crippen LogP contribution in [-0.2, 0) is 51.3 Å². The smallest absolute Gasteiger partial charge is 0.309 e. The minimum Gasteiger partial charge on any atom is -0.466 e. The van der Waals surface area contributed by atoms with Crippen LogP contribution in [-0.4, -0.2) is 64.4 Å². The number of esters is 2. The van der Waals surface area contributed by atoms with Crippen LogP contribution in [0.4, 0.5) is 17.2 Å². The Balaban J connectivity index is 0.000000173. The monoisotopic (exact) mass is 757 g/mol. The molecule has 0 saturated carbocycles. The van der Waals surface area contributed by atoms with Crippen molar-refractivity contribution < 1.29 is 19.1 Å². The van der Waals surface area contributed by atoms with Gasteiger partial charge in [0, 0.05) is 29.1 Å². The fourth-order valence-corrected chi connectivity index (χ4v) is 10.6. The zero-order chi connectivity index (χ0) is 35.8. The summed E-state index contributed by atoms with van der Waals surface area (Å²) in [5.74, 6) is 0.574. The fraction of sp³-hybridized carbons (Fsp3) is 0.447. The van der Waals surface area contributed by atoms with Crippen molar-refractivity contribution >= 4 is 90.1 Å². The first-order valence-electron chi connectivity index (χ1n) is 18.1. The van der Waals surface area contributed by atoms with Gasteiger partial charge in [-0.25, -0.2) is 19.9 Å². The number of fused-ring (bicyclic) bond motifs is 7. The van der Waals surface area contributed by atoms with E-state index in [1.54, 1.807) is 29.0 Å². The third kappa shape index (κ3) is 6.74. The van der Waals surface area contributed by atoms with Crippen molar-refractivity contribution in [2.75, 3.05) is 36.5 Å². The highest BCUT2D eigenvalue weighted by molar-refractivity contribution is 7.19. The molecule has 9 rings (SSSR count). The first-order valence-corrected chi connectivity index (χ1v) is 20.1. The molecule has 14 heteroatoms. The van der Waals surface area contributed by atoms with Crippen molar-refractivity contribution in [3.05, 3.63) is 61.9 Å². The lowest BCUT2D eigenvalue weighted by Gasteiger charge is -2.24. The number of aryl methyl sites for hydroxylation is 2. The average molecular weight is 758 g/mol. The molecule has 2 aliphatic carbocycles. The van der Waals surface area contributed by atoms with E-state index in [-0.39, 0.29) is 23.8 Å². The molecule has 0 bridgehead atoms. The van der Waals surface area contributed by atoms with Crippen molar-refractivity contribution in [1.82, 2.24) is 19.9 Å². The normalized spacial score (nSPS) is 18.8. The van der Waals surface area contributed by atoms with E-state index in [0.29, 0.717) is 18.4 Å². The van der Waals surface area contributed by atoms with E-state index in [4.69, 9.17) is 21.1 Å². The second kappa shape index (κ2) is 15.0. The number of rotatable bonds is 7. The van der Waals surface area contributed by atoms with E-state index in [0.717, 1.165) is 90.1 Å². The number of carbonyl (C=O) groups excluding carboxylic acids is 2. The van der Waals surface area contributed by atoms with Crippen molar-refractivity contribution in [2.45, 2.75) is 71.8 Å². The van der Waals surface area contributed by atoms with E-state index >= 15 is 0 Å². The Morgan fingerprint density at radius 3 is 2.13 bits per heavy atom. The van der Waals surface area contributed by atoms with Gasteiger partial charge in [0.1, 0.15) is 33.3 Å². The van der Waals surface area contributed by atoms with Crippen LogP contribution in [0.1, 0.15) is 71.5 Å². The van der Waals surface area contributed by atoms with Crippen LogP contribution in [0.15, 0.2) is 29.8 Å². The lowest BCUT2D eigenvalue weighted by Crippen LogP contribution is -2.23. The van der Waals surface area contributed by atoms with Gasteiger partial charge in [-0.05, 0) is 99.6 Å². The lowest BCUT2D eigenvalue weighted by molar-refractivity contribution is -0.149. The molecule has 0 radical (unpaired) electrons. The summed E-state index contributed by atoms with van der Waals surface area (Å²) in [6.07, 6.45) is 12.3. The zero-order valence-electron chi connectivity index (χ0n) is 29.2. The van der Waals surface area contributed by atoms with E-state index in [1.807, 2.05) is 20.1 Å². The number of benzene rings is 1. The number of nitrogens with zero attached hydrogens (tertiary/aromatic N) is 6. The van der Waals surface area contributed by atoms with Gasteiger partial charge in [-0.1, -0.05) is 11.6 Å². The molecule has 1 fully saturated rings. The molecule has 2 aliphatic heterocycles. The Hall–Kier alpha value is -4.20. The summed E-state index contributed by atoms with van der Waals surface area (Å²) in [5.41, 5.74) is 7.26. The highest BCUT2D eigenvalue weighted by atomic mass is 35.5. The van der Waals surface area contributed by atoms with E-state index < -0.39 is 0 Å². The number of aliphatic imine (C=N–C) groups is 1. The van der Waals surface area contributed by atoms with Crippen LogP contribution in [0.5, 0.6) is 0 Å². The van der Waals surface area contributed by atoms with E-state index in [1.165, 1.54) is 56.9 Å².